The number of rotatable bonds is 6. The van der Waals surface area contributed by atoms with E-state index >= 15 is 0 Å². The molecule has 1 N–H and O–H groups in total. The lowest BCUT2D eigenvalue weighted by Gasteiger charge is -2.23. The summed E-state index contributed by atoms with van der Waals surface area (Å²) < 4.78 is 6.80. The van der Waals surface area contributed by atoms with Gasteiger partial charge < -0.3 is 15.0 Å². The van der Waals surface area contributed by atoms with Crippen LogP contribution in [-0.4, -0.2) is 52.0 Å². The number of carbonyl (C=O) groups excluding carboxylic acids is 2. The number of alkyl carbamates (subject to hydrolysis) is 1. The molecule has 1 saturated heterocycles. The van der Waals surface area contributed by atoms with Crippen molar-refractivity contribution in [3.63, 3.8) is 0 Å². The molecule has 2 bridgehead atoms. The van der Waals surface area contributed by atoms with E-state index in [1.165, 1.54) is 5.06 Å². The van der Waals surface area contributed by atoms with Crippen LogP contribution in [0.2, 0.25) is 0 Å². The van der Waals surface area contributed by atoms with Crippen LogP contribution in [0.25, 0.3) is 0 Å². The zero-order valence-corrected chi connectivity index (χ0v) is 16.5. The van der Waals surface area contributed by atoms with Crippen molar-refractivity contribution in [2.45, 2.75) is 45.5 Å². The van der Waals surface area contributed by atoms with E-state index in [0.29, 0.717) is 19.6 Å². The predicted octanol–water partition coefficient (Wildman–Crippen LogP) is 1.84. The van der Waals surface area contributed by atoms with Crippen LogP contribution in [0.5, 0.6) is 0 Å². The molecule has 1 aromatic rings. The minimum absolute atomic E-state index is 0.115. The third kappa shape index (κ3) is 4.01. The Morgan fingerprint density at radius 1 is 1.41 bits per heavy atom. The highest BCUT2D eigenvalue weighted by Gasteiger charge is 2.46. The fourth-order valence-electron chi connectivity index (χ4n) is 3.10. The third-order valence-electron chi connectivity index (χ3n) is 4.14. The van der Waals surface area contributed by atoms with Gasteiger partial charge in [-0.1, -0.05) is 17.4 Å². The lowest BCUT2D eigenvalue weighted by Crippen LogP contribution is -2.36. The molecule has 27 heavy (non-hydrogen) atoms. The number of urea groups is 1. The maximum Gasteiger partial charge on any atom is 0.407 e. The van der Waals surface area contributed by atoms with E-state index in [-0.39, 0.29) is 30.1 Å². The van der Waals surface area contributed by atoms with Crippen molar-refractivity contribution >= 4 is 23.5 Å². The number of fused-ring (bicyclic) bond motifs is 4. The summed E-state index contributed by atoms with van der Waals surface area (Å²) in [5, 5.41) is 3.98. The zero-order valence-electron chi connectivity index (χ0n) is 15.7. The van der Waals surface area contributed by atoms with Gasteiger partial charge in [0.05, 0.1) is 30.3 Å². The first kappa shape index (κ1) is 19.4. The average molecular weight is 396 g/mol. The van der Waals surface area contributed by atoms with Gasteiger partial charge >= 0.3 is 17.0 Å². The van der Waals surface area contributed by atoms with E-state index in [0.717, 1.165) is 21.9 Å². The molecule has 1 aromatic heterocycles. The predicted molar refractivity (Wildman–Crippen MR) is 99.4 cm³/mol. The molecule has 9 nitrogen and oxygen atoms in total. The van der Waals surface area contributed by atoms with Gasteiger partial charge in [0.2, 0.25) is 0 Å². The Labute approximate surface area is 161 Å². The minimum atomic E-state index is -0.579. The lowest BCUT2D eigenvalue weighted by molar-refractivity contribution is -0.118. The SMILES string of the molecule is C=CCON1C(=O)N2Cc3c(sc(=O)n3CCNC(=O)OC(C)(C)C)C1C2. The van der Waals surface area contributed by atoms with Crippen molar-refractivity contribution in [1.82, 2.24) is 19.8 Å². The van der Waals surface area contributed by atoms with Gasteiger partial charge in [0.15, 0.2) is 0 Å². The van der Waals surface area contributed by atoms with Crippen LogP contribution in [0.15, 0.2) is 17.4 Å². The molecule has 1 unspecified atom stereocenters. The largest absolute Gasteiger partial charge is 0.444 e. The summed E-state index contributed by atoms with van der Waals surface area (Å²) >= 11 is 1.12. The number of thiazole rings is 1. The van der Waals surface area contributed by atoms with E-state index in [9.17, 15) is 14.4 Å². The molecule has 148 valence electrons. The van der Waals surface area contributed by atoms with Crippen molar-refractivity contribution in [1.29, 1.82) is 0 Å². The van der Waals surface area contributed by atoms with Crippen molar-refractivity contribution < 1.29 is 19.2 Å². The highest BCUT2D eigenvalue weighted by Crippen LogP contribution is 2.39. The Hall–Kier alpha value is -2.33. The van der Waals surface area contributed by atoms with Crippen LogP contribution in [0.3, 0.4) is 0 Å². The third-order valence-corrected chi connectivity index (χ3v) is 5.26. The minimum Gasteiger partial charge on any atom is -0.444 e. The Morgan fingerprint density at radius 2 is 2.15 bits per heavy atom. The molecule has 10 heteroatoms. The maximum absolute atomic E-state index is 12.4. The molecule has 0 saturated carbocycles. The summed E-state index contributed by atoms with van der Waals surface area (Å²) in [7, 11) is 0. The van der Waals surface area contributed by atoms with E-state index in [1.807, 2.05) is 0 Å². The molecule has 3 rings (SSSR count). The summed E-state index contributed by atoms with van der Waals surface area (Å²) in [6.07, 6.45) is 1.05. The Balaban J connectivity index is 1.71. The fourth-order valence-corrected chi connectivity index (χ4v) is 4.20. The van der Waals surface area contributed by atoms with Crippen molar-refractivity contribution in [3.8, 4) is 0 Å². The molecule has 1 fully saturated rings. The van der Waals surface area contributed by atoms with E-state index in [1.54, 1.807) is 36.3 Å². The molecule has 3 heterocycles. The van der Waals surface area contributed by atoms with Crippen molar-refractivity contribution in [3.05, 3.63) is 32.9 Å². The second-order valence-corrected chi connectivity index (χ2v) is 8.34. The number of ether oxygens (including phenoxy) is 1. The number of nitrogens with one attached hydrogen (secondary N) is 1. The van der Waals surface area contributed by atoms with E-state index in [4.69, 9.17) is 9.57 Å². The molecule has 0 spiro atoms. The van der Waals surface area contributed by atoms with Gasteiger partial charge in [0, 0.05) is 13.1 Å². The Kier molecular flexibility index (Phi) is 5.29. The molecular formula is C17H24N4O5S. The Morgan fingerprint density at radius 3 is 2.81 bits per heavy atom. The molecule has 1 atom stereocenters. The monoisotopic (exact) mass is 396 g/mol. The van der Waals surface area contributed by atoms with E-state index < -0.39 is 11.7 Å². The average Bonchev–Trinajstić information content (AvgIpc) is 3.01. The van der Waals surface area contributed by atoms with Gasteiger partial charge in [-0.05, 0) is 20.8 Å². The molecule has 2 aliphatic rings. The van der Waals surface area contributed by atoms with Crippen LogP contribution in [0, 0.1) is 0 Å². The maximum atomic E-state index is 12.4. The molecule has 2 aliphatic heterocycles. The summed E-state index contributed by atoms with van der Waals surface area (Å²) in [5.41, 5.74) is 0.217. The first-order valence-corrected chi connectivity index (χ1v) is 9.54. The summed E-state index contributed by atoms with van der Waals surface area (Å²) in [6, 6.07) is -0.505. The highest BCUT2D eigenvalue weighted by molar-refractivity contribution is 7.09. The molecule has 3 amide bonds. The Bertz CT molecular complexity index is 809. The van der Waals surface area contributed by atoms with Gasteiger partial charge in [0.1, 0.15) is 11.6 Å². The van der Waals surface area contributed by atoms with Gasteiger partial charge in [-0.15, -0.1) is 6.58 Å². The standard InChI is InChI=1S/C17H24N4O5S/c1-5-8-25-21-12-10-19(15(21)23)9-11-13(12)27-16(24)20(11)7-6-18-14(22)26-17(2,3)4/h5,12H,1,6-10H2,2-4H3,(H,18,22). The topological polar surface area (TPSA) is 93.1 Å². The second kappa shape index (κ2) is 7.35. The number of hydrogen-bond acceptors (Lipinski definition) is 6. The second-order valence-electron chi connectivity index (χ2n) is 7.35. The lowest BCUT2D eigenvalue weighted by atomic mass is 10.1. The molecule has 0 aliphatic carbocycles. The van der Waals surface area contributed by atoms with Gasteiger partial charge in [0.25, 0.3) is 0 Å². The number of carbonyl (C=O) groups is 2. The first-order valence-electron chi connectivity index (χ1n) is 8.72. The van der Waals surface area contributed by atoms with Crippen LogP contribution >= 0.6 is 11.3 Å². The number of amides is 3. The van der Waals surface area contributed by atoms with Gasteiger partial charge in [-0.25, -0.2) is 9.59 Å². The van der Waals surface area contributed by atoms with Gasteiger partial charge in [-0.2, -0.15) is 5.06 Å². The first-order chi connectivity index (χ1) is 12.7. The van der Waals surface area contributed by atoms with Crippen LogP contribution < -0.4 is 10.2 Å². The highest BCUT2D eigenvalue weighted by atomic mass is 32.1. The van der Waals surface area contributed by atoms with Gasteiger partial charge in [-0.3, -0.25) is 14.2 Å². The number of aromatic nitrogens is 1. The van der Waals surface area contributed by atoms with E-state index in [2.05, 4.69) is 11.9 Å². The summed E-state index contributed by atoms with van der Waals surface area (Å²) in [4.78, 5) is 44.5. The fraction of sp³-hybridized carbons (Fsp3) is 0.588. The molecular weight excluding hydrogens is 372 g/mol. The normalized spacial score (nSPS) is 18.5. The van der Waals surface area contributed by atoms with Crippen LogP contribution in [-0.2, 0) is 22.7 Å². The number of nitrogens with zero attached hydrogens (tertiary/aromatic N) is 3. The molecule has 0 radical (unpaired) electrons. The number of hydroxylamine groups is 2. The quantitative estimate of drug-likeness (QED) is 0.741. The summed E-state index contributed by atoms with van der Waals surface area (Å²) in [6.45, 7) is 10.6. The van der Waals surface area contributed by atoms with Crippen molar-refractivity contribution in [2.75, 3.05) is 19.7 Å². The summed E-state index contributed by atoms with van der Waals surface area (Å²) in [5.74, 6) is 0. The smallest absolute Gasteiger partial charge is 0.407 e. The van der Waals surface area contributed by atoms with Crippen LogP contribution in [0.1, 0.15) is 37.4 Å². The van der Waals surface area contributed by atoms with Crippen molar-refractivity contribution in [2.24, 2.45) is 0 Å². The molecule has 0 aromatic carbocycles. The number of hydrogen-bond donors (Lipinski definition) is 1. The van der Waals surface area contributed by atoms with Crippen LogP contribution in [0.4, 0.5) is 9.59 Å². The zero-order chi connectivity index (χ0) is 19.8.